The average molecular weight is 391 g/mol. The minimum atomic E-state index is -0.275. The van der Waals surface area contributed by atoms with Crippen LogP contribution in [0.3, 0.4) is 0 Å². The number of hydrogen-bond donors (Lipinski definition) is 2. The molecule has 3 atom stereocenters. The lowest BCUT2D eigenvalue weighted by Gasteiger charge is -2.21. The topological polar surface area (TPSA) is 81.8 Å². The molecule has 7 nitrogen and oxygen atoms in total. The van der Waals surface area contributed by atoms with Gasteiger partial charge in [0.15, 0.2) is 0 Å². The van der Waals surface area contributed by atoms with Crippen LogP contribution in [0.2, 0.25) is 0 Å². The Kier molecular flexibility index (Phi) is 4.94. The minimum absolute atomic E-state index is 0.124. The van der Waals surface area contributed by atoms with Crippen LogP contribution in [0.15, 0.2) is 6.07 Å². The zero-order chi connectivity index (χ0) is 19.1. The van der Waals surface area contributed by atoms with Crippen LogP contribution in [0.1, 0.15) is 21.7 Å². The second kappa shape index (κ2) is 7.24. The van der Waals surface area contributed by atoms with Crippen molar-refractivity contribution in [2.45, 2.75) is 32.7 Å². The maximum Gasteiger partial charge on any atom is 0.324 e. The largest absolute Gasteiger partial charge is 0.352 e. The van der Waals surface area contributed by atoms with Gasteiger partial charge in [0, 0.05) is 35.4 Å². The molecule has 27 heavy (non-hydrogen) atoms. The zero-order valence-corrected chi connectivity index (χ0v) is 16.6. The van der Waals surface area contributed by atoms with Crippen LogP contribution in [0, 0.1) is 25.7 Å². The standard InChI is InChI=1S/C19H26N4O3S/c1-11-6-12(2)27-15(11)7-16(24)21-18-13-9-22(10-14(13)18)4-3-5-23-17(25)8-20-19(23)26/h6,13-14,18H,3-5,7-10H2,1-2H3,(H,20,26)(H,21,24)/t13-,14+,18?. The van der Waals surface area contributed by atoms with Crippen LogP contribution in [0.4, 0.5) is 4.79 Å². The first kappa shape index (κ1) is 18.4. The summed E-state index contributed by atoms with van der Waals surface area (Å²) in [4.78, 5) is 41.5. The van der Waals surface area contributed by atoms with E-state index in [1.54, 1.807) is 11.3 Å². The Labute approximate surface area is 163 Å². The summed E-state index contributed by atoms with van der Waals surface area (Å²) in [6.07, 6.45) is 1.28. The van der Waals surface area contributed by atoms with E-state index < -0.39 is 0 Å². The van der Waals surface area contributed by atoms with Crippen molar-refractivity contribution in [1.82, 2.24) is 20.4 Å². The monoisotopic (exact) mass is 390 g/mol. The summed E-state index contributed by atoms with van der Waals surface area (Å²) >= 11 is 1.71. The van der Waals surface area contributed by atoms with Crippen LogP contribution in [-0.2, 0) is 16.0 Å². The van der Waals surface area contributed by atoms with Crippen LogP contribution >= 0.6 is 11.3 Å². The molecule has 1 saturated carbocycles. The van der Waals surface area contributed by atoms with E-state index in [0.29, 0.717) is 30.8 Å². The minimum Gasteiger partial charge on any atom is -0.352 e. The number of carbonyl (C=O) groups excluding carboxylic acids is 3. The van der Waals surface area contributed by atoms with Gasteiger partial charge in [-0.25, -0.2) is 4.79 Å². The van der Waals surface area contributed by atoms with Gasteiger partial charge in [0.05, 0.1) is 13.0 Å². The van der Waals surface area contributed by atoms with Crippen molar-refractivity contribution in [2.75, 3.05) is 32.7 Å². The average Bonchev–Trinajstić information content (AvgIpc) is 2.95. The fourth-order valence-electron chi connectivity index (χ4n) is 4.39. The number of fused-ring (bicyclic) bond motifs is 1. The second-order valence-corrected chi connectivity index (χ2v) is 9.22. The Hall–Kier alpha value is -1.93. The van der Waals surface area contributed by atoms with Gasteiger partial charge < -0.3 is 15.5 Å². The summed E-state index contributed by atoms with van der Waals surface area (Å²) in [6, 6.07) is 2.18. The van der Waals surface area contributed by atoms with Gasteiger partial charge in [-0.3, -0.25) is 14.5 Å². The number of rotatable bonds is 7. The molecule has 4 rings (SSSR count). The first-order chi connectivity index (χ1) is 12.9. The van der Waals surface area contributed by atoms with Crippen LogP contribution < -0.4 is 10.6 Å². The van der Waals surface area contributed by atoms with Crippen LogP contribution in [0.25, 0.3) is 0 Å². The van der Waals surface area contributed by atoms with E-state index in [9.17, 15) is 14.4 Å². The zero-order valence-electron chi connectivity index (χ0n) is 15.8. The van der Waals surface area contributed by atoms with E-state index >= 15 is 0 Å². The number of aryl methyl sites for hydroxylation is 2. The number of likely N-dealkylation sites (tertiary alicyclic amines) is 1. The van der Waals surface area contributed by atoms with Crippen molar-refractivity contribution in [2.24, 2.45) is 11.8 Å². The number of thiophene rings is 1. The molecule has 0 aromatic carbocycles. The highest BCUT2D eigenvalue weighted by Gasteiger charge is 2.56. The third kappa shape index (κ3) is 3.87. The van der Waals surface area contributed by atoms with E-state index in [1.807, 2.05) is 0 Å². The molecule has 1 unspecified atom stereocenters. The quantitative estimate of drug-likeness (QED) is 0.678. The number of hydrogen-bond acceptors (Lipinski definition) is 5. The number of nitrogens with zero attached hydrogens (tertiary/aromatic N) is 2. The molecule has 0 spiro atoms. The highest BCUT2D eigenvalue weighted by molar-refractivity contribution is 7.12. The molecule has 1 aliphatic carbocycles. The Morgan fingerprint density at radius 3 is 2.59 bits per heavy atom. The fraction of sp³-hybridized carbons (Fsp3) is 0.632. The van der Waals surface area contributed by atoms with E-state index in [1.165, 1.54) is 15.3 Å². The Balaban J connectivity index is 1.16. The number of imide groups is 1. The molecule has 0 bridgehead atoms. The summed E-state index contributed by atoms with van der Waals surface area (Å²) in [7, 11) is 0. The highest BCUT2D eigenvalue weighted by Crippen LogP contribution is 2.45. The normalized spacial score (nSPS) is 27.0. The van der Waals surface area contributed by atoms with Gasteiger partial charge in [-0.05, 0) is 50.3 Å². The molecule has 3 heterocycles. The summed E-state index contributed by atoms with van der Waals surface area (Å²) in [5.41, 5.74) is 1.21. The molecule has 1 aromatic rings. The van der Waals surface area contributed by atoms with Crippen molar-refractivity contribution in [3.05, 3.63) is 21.4 Å². The molecule has 0 radical (unpaired) electrons. The smallest absolute Gasteiger partial charge is 0.324 e. The number of carbonyl (C=O) groups is 3. The van der Waals surface area contributed by atoms with Crippen molar-refractivity contribution in [1.29, 1.82) is 0 Å². The lowest BCUT2D eigenvalue weighted by molar-refractivity contribution is -0.125. The highest BCUT2D eigenvalue weighted by atomic mass is 32.1. The molecular formula is C19H26N4O3S. The fourth-order valence-corrected chi connectivity index (χ4v) is 5.44. The van der Waals surface area contributed by atoms with E-state index in [4.69, 9.17) is 0 Å². The molecule has 1 aromatic heterocycles. The summed E-state index contributed by atoms with van der Waals surface area (Å²) in [5, 5.41) is 5.75. The molecular weight excluding hydrogens is 364 g/mol. The second-order valence-electron chi connectivity index (χ2n) is 7.88. The van der Waals surface area contributed by atoms with E-state index in [0.717, 1.165) is 30.9 Å². The maximum absolute atomic E-state index is 12.3. The lowest BCUT2D eigenvalue weighted by atomic mass is 10.2. The SMILES string of the molecule is Cc1cc(C)c(CC(=O)NC2[C@H]3CN(CCCN4C(=O)CNC4=O)C[C@@H]23)s1. The number of nitrogens with one attached hydrogen (secondary N) is 2. The number of urea groups is 1. The van der Waals surface area contributed by atoms with Gasteiger partial charge in [0.2, 0.25) is 11.8 Å². The van der Waals surface area contributed by atoms with Crippen molar-refractivity contribution < 1.29 is 14.4 Å². The third-order valence-corrected chi connectivity index (χ3v) is 7.01. The van der Waals surface area contributed by atoms with Crippen molar-refractivity contribution >= 4 is 29.2 Å². The van der Waals surface area contributed by atoms with Gasteiger partial charge in [0.25, 0.3) is 0 Å². The van der Waals surface area contributed by atoms with Crippen molar-refractivity contribution in [3.8, 4) is 0 Å². The van der Waals surface area contributed by atoms with Crippen LogP contribution in [0.5, 0.6) is 0 Å². The predicted octanol–water partition coefficient (Wildman–Crippen LogP) is 0.896. The van der Waals surface area contributed by atoms with Gasteiger partial charge in [0.1, 0.15) is 0 Å². The molecule has 146 valence electrons. The van der Waals surface area contributed by atoms with Crippen molar-refractivity contribution in [3.63, 3.8) is 0 Å². The van der Waals surface area contributed by atoms with Gasteiger partial charge in [-0.2, -0.15) is 0 Å². The molecule has 2 saturated heterocycles. The predicted molar refractivity (Wildman–Crippen MR) is 103 cm³/mol. The summed E-state index contributed by atoms with van der Waals surface area (Å²) in [5.74, 6) is 1.10. The maximum atomic E-state index is 12.3. The van der Waals surface area contributed by atoms with Gasteiger partial charge in [-0.1, -0.05) is 0 Å². The summed E-state index contributed by atoms with van der Waals surface area (Å²) < 4.78 is 0. The number of piperidine rings is 1. The van der Waals surface area contributed by atoms with Gasteiger partial charge in [-0.15, -0.1) is 11.3 Å². The van der Waals surface area contributed by atoms with Crippen LogP contribution in [-0.4, -0.2) is 66.4 Å². The lowest BCUT2D eigenvalue weighted by Crippen LogP contribution is -2.37. The molecule has 3 aliphatic rings. The third-order valence-electron chi connectivity index (χ3n) is 5.86. The first-order valence-electron chi connectivity index (χ1n) is 9.58. The number of amides is 4. The van der Waals surface area contributed by atoms with Gasteiger partial charge >= 0.3 is 6.03 Å². The summed E-state index contributed by atoms with van der Waals surface area (Å²) in [6.45, 7) is 7.62. The molecule has 2 N–H and O–H groups in total. The molecule has 3 fully saturated rings. The van der Waals surface area contributed by atoms with E-state index in [-0.39, 0.29) is 24.4 Å². The Morgan fingerprint density at radius 2 is 2.00 bits per heavy atom. The first-order valence-corrected chi connectivity index (χ1v) is 10.4. The van der Waals surface area contributed by atoms with E-state index in [2.05, 4.69) is 35.4 Å². The Morgan fingerprint density at radius 1 is 1.26 bits per heavy atom. The molecule has 2 aliphatic heterocycles. The Bertz CT molecular complexity index is 749. The molecule has 8 heteroatoms. The molecule has 4 amide bonds.